The van der Waals surface area contributed by atoms with E-state index in [1.807, 2.05) is 29.6 Å². The molecule has 70 valence electrons. The van der Waals surface area contributed by atoms with Gasteiger partial charge in [-0.05, 0) is 35.2 Å². The molecule has 0 saturated carbocycles. The molecule has 1 aromatic carbocycles. The van der Waals surface area contributed by atoms with E-state index in [1.54, 1.807) is 6.20 Å². The third kappa shape index (κ3) is 2.30. The number of nitrogens with zero attached hydrogens (tertiary/aromatic N) is 4. The van der Waals surface area contributed by atoms with Crippen molar-refractivity contribution in [3.05, 3.63) is 35.8 Å². The Kier molecular flexibility index (Phi) is 3.10. The van der Waals surface area contributed by atoms with Gasteiger partial charge in [-0.1, -0.05) is 21.1 Å². The molecule has 0 N–H and O–H groups in total. The predicted molar refractivity (Wildman–Crippen MR) is 57.3 cm³/mol. The van der Waals surface area contributed by atoms with Gasteiger partial charge in [-0.15, -0.1) is 10.2 Å². The summed E-state index contributed by atoms with van der Waals surface area (Å²) in [6.07, 6.45) is 1.66. The van der Waals surface area contributed by atoms with Crippen molar-refractivity contribution in [2.45, 2.75) is 0 Å². The van der Waals surface area contributed by atoms with Crippen LogP contribution in [0.25, 0.3) is 10.2 Å². The molecule has 2 heterocycles. The molecule has 0 saturated heterocycles. The molecule has 3 rings (SSSR count). The number of fused-ring (bicyclic) bond motifs is 1. The number of benzene rings is 1. The summed E-state index contributed by atoms with van der Waals surface area (Å²) in [6, 6.07) is 7.92. The lowest BCUT2D eigenvalue weighted by Gasteiger charge is -1.78. The molecule has 14 heavy (non-hydrogen) atoms. The number of rotatable bonds is 0. The van der Waals surface area contributed by atoms with E-state index in [1.165, 1.54) is 23.1 Å². The smallest absolute Gasteiger partial charge is 0.105 e. The summed E-state index contributed by atoms with van der Waals surface area (Å²) in [5, 5.41) is 9.20. The average Bonchev–Trinajstić information content (AvgIpc) is 2.92. The molecule has 0 aliphatic heterocycles. The van der Waals surface area contributed by atoms with Crippen LogP contribution in [0.3, 0.4) is 0 Å². The van der Waals surface area contributed by atoms with Gasteiger partial charge >= 0.3 is 0 Å². The molecular weight excluding hydrogens is 216 g/mol. The largest absolute Gasteiger partial charge is 0.147 e. The van der Waals surface area contributed by atoms with Crippen LogP contribution < -0.4 is 0 Å². The zero-order valence-corrected chi connectivity index (χ0v) is 8.70. The molecule has 0 spiro atoms. The summed E-state index contributed by atoms with van der Waals surface area (Å²) in [5.74, 6) is 0. The number of aromatic nitrogens is 4. The lowest BCUT2D eigenvalue weighted by atomic mass is 10.3. The summed E-state index contributed by atoms with van der Waals surface area (Å²) in [6.45, 7) is 0. The fourth-order valence-electron chi connectivity index (χ4n) is 0.861. The molecule has 4 nitrogen and oxygen atoms in total. The second-order valence-electron chi connectivity index (χ2n) is 2.33. The summed E-state index contributed by atoms with van der Waals surface area (Å²) in [4.78, 5) is 0. The molecule has 0 radical (unpaired) electrons. The lowest BCUT2D eigenvalue weighted by Crippen LogP contribution is -1.63. The molecule has 0 aliphatic carbocycles. The number of hydrogen-bond donors (Lipinski definition) is 0. The van der Waals surface area contributed by atoms with Crippen molar-refractivity contribution in [2.24, 2.45) is 0 Å². The van der Waals surface area contributed by atoms with Crippen LogP contribution in [-0.4, -0.2) is 19.2 Å². The van der Waals surface area contributed by atoms with Gasteiger partial charge in [0.2, 0.25) is 0 Å². The molecule has 2 aromatic heterocycles. The predicted octanol–water partition coefficient (Wildman–Crippen LogP) is 2.23. The van der Waals surface area contributed by atoms with Crippen LogP contribution in [0.5, 0.6) is 0 Å². The first kappa shape index (κ1) is 9.17. The maximum absolute atomic E-state index is 3.89. The molecular formula is C8H6N4S2. The van der Waals surface area contributed by atoms with E-state index in [9.17, 15) is 0 Å². The van der Waals surface area contributed by atoms with Gasteiger partial charge in [0, 0.05) is 5.38 Å². The minimum Gasteiger partial charge on any atom is -0.147 e. The Bertz CT molecular complexity index is 429. The van der Waals surface area contributed by atoms with Crippen LogP contribution in [0.15, 0.2) is 35.8 Å². The second kappa shape index (κ2) is 4.73. The summed E-state index contributed by atoms with van der Waals surface area (Å²) in [5.41, 5.74) is 0.988. The van der Waals surface area contributed by atoms with Gasteiger partial charge in [0.15, 0.2) is 0 Å². The summed E-state index contributed by atoms with van der Waals surface area (Å²) in [7, 11) is 0. The van der Waals surface area contributed by atoms with Crippen molar-refractivity contribution < 1.29 is 0 Å². The molecule has 0 atom stereocenters. The Morgan fingerprint density at radius 2 is 2.00 bits per heavy atom. The van der Waals surface area contributed by atoms with E-state index in [4.69, 9.17) is 0 Å². The van der Waals surface area contributed by atoms with Gasteiger partial charge in [-0.25, -0.2) is 0 Å². The quantitative estimate of drug-likeness (QED) is 0.585. The monoisotopic (exact) mass is 222 g/mol. The van der Waals surface area contributed by atoms with Crippen LogP contribution in [-0.2, 0) is 0 Å². The van der Waals surface area contributed by atoms with Gasteiger partial charge in [-0.3, -0.25) is 0 Å². The van der Waals surface area contributed by atoms with Crippen molar-refractivity contribution in [3.8, 4) is 0 Å². The van der Waals surface area contributed by atoms with Crippen molar-refractivity contribution in [2.75, 3.05) is 0 Å². The Labute approximate surface area is 88.6 Å². The highest BCUT2D eigenvalue weighted by Crippen LogP contribution is 2.12. The first-order valence-electron chi connectivity index (χ1n) is 3.85. The highest BCUT2D eigenvalue weighted by atomic mass is 32.1. The van der Waals surface area contributed by atoms with E-state index in [2.05, 4.69) is 19.2 Å². The highest BCUT2D eigenvalue weighted by Gasteiger charge is 1.91. The Hall–Kier alpha value is -1.40. The zero-order valence-electron chi connectivity index (χ0n) is 7.07. The molecule has 3 aromatic rings. The van der Waals surface area contributed by atoms with Crippen molar-refractivity contribution in [1.29, 1.82) is 0 Å². The van der Waals surface area contributed by atoms with E-state index in [-0.39, 0.29) is 0 Å². The summed E-state index contributed by atoms with van der Waals surface area (Å²) >= 11 is 2.78. The van der Waals surface area contributed by atoms with E-state index >= 15 is 0 Å². The van der Waals surface area contributed by atoms with Crippen LogP contribution in [0.2, 0.25) is 0 Å². The van der Waals surface area contributed by atoms with Crippen molar-refractivity contribution >= 4 is 33.3 Å². The fourth-order valence-corrected chi connectivity index (χ4v) is 1.69. The van der Waals surface area contributed by atoms with E-state index < -0.39 is 0 Å². The minimum atomic E-state index is 0.988. The number of hydrogen-bond acceptors (Lipinski definition) is 6. The van der Waals surface area contributed by atoms with Crippen LogP contribution >= 0.6 is 23.1 Å². The third-order valence-corrected chi connectivity index (χ3v) is 2.57. The van der Waals surface area contributed by atoms with Crippen molar-refractivity contribution in [3.63, 3.8) is 0 Å². The van der Waals surface area contributed by atoms with Crippen LogP contribution in [0.1, 0.15) is 0 Å². The van der Waals surface area contributed by atoms with Crippen molar-refractivity contribution in [1.82, 2.24) is 19.2 Å². The average molecular weight is 222 g/mol. The normalized spacial score (nSPS) is 9.43. The molecule has 0 aliphatic rings. The Balaban J connectivity index is 0.000000128. The van der Waals surface area contributed by atoms with Gasteiger partial charge in [0.1, 0.15) is 5.52 Å². The highest BCUT2D eigenvalue weighted by molar-refractivity contribution is 7.12. The Morgan fingerprint density at radius 3 is 2.64 bits per heavy atom. The SMILES string of the molecule is c1ccc2snnc2c1.c1csnn1. The van der Waals surface area contributed by atoms with E-state index in [0.29, 0.717) is 0 Å². The van der Waals surface area contributed by atoms with Crippen LogP contribution in [0, 0.1) is 0 Å². The molecule has 0 fully saturated rings. The third-order valence-electron chi connectivity index (χ3n) is 1.44. The first-order valence-corrected chi connectivity index (χ1v) is 5.46. The van der Waals surface area contributed by atoms with Gasteiger partial charge in [0.25, 0.3) is 0 Å². The van der Waals surface area contributed by atoms with E-state index in [0.717, 1.165) is 10.2 Å². The molecule has 6 heteroatoms. The lowest BCUT2D eigenvalue weighted by molar-refractivity contribution is 1.16. The topological polar surface area (TPSA) is 51.6 Å². The molecule has 0 bridgehead atoms. The Morgan fingerprint density at radius 1 is 1.07 bits per heavy atom. The van der Waals surface area contributed by atoms with Gasteiger partial charge in [-0.2, -0.15) is 0 Å². The second-order valence-corrected chi connectivity index (χ2v) is 3.76. The first-order chi connectivity index (χ1) is 6.97. The van der Waals surface area contributed by atoms with Crippen LogP contribution in [0.4, 0.5) is 0 Å². The minimum absolute atomic E-state index is 0.988. The fraction of sp³-hybridized carbons (Fsp3) is 0. The maximum atomic E-state index is 3.89. The van der Waals surface area contributed by atoms with Gasteiger partial charge in [0.05, 0.1) is 10.9 Å². The zero-order chi connectivity index (χ0) is 9.64. The maximum Gasteiger partial charge on any atom is 0.105 e. The van der Waals surface area contributed by atoms with Gasteiger partial charge < -0.3 is 0 Å². The summed E-state index contributed by atoms with van der Waals surface area (Å²) < 4.78 is 8.46. The standard InChI is InChI=1S/C6H4N2S.C2H2N2S/c1-2-4-6-5(3-1)7-8-9-6;1-2-5-4-3-1/h1-4H;1-2H. The molecule has 0 unspecified atom stereocenters. The molecule has 0 amide bonds.